The van der Waals surface area contributed by atoms with Gasteiger partial charge in [0.05, 0.1) is 6.54 Å². The average molecular weight is 161 g/mol. The molecule has 1 aromatic carbocycles. The van der Waals surface area contributed by atoms with Crippen LogP contribution in [0.3, 0.4) is 0 Å². The lowest BCUT2D eigenvalue weighted by Gasteiger charge is -2.13. The van der Waals surface area contributed by atoms with E-state index >= 15 is 0 Å². The van der Waals surface area contributed by atoms with E-state index in [9.17, 15) is 5.11 Å². The lowest BCUT2D eigenvalue weighted by molar-refractivity contribution is 0.474. The average Bonchev–Trinajstić information content (AvgIpc) is 2.05. The van der Waals surface area contributed by atoms with Crippen molar-refractivity contribution in [3.8, 4) is 5.75 Å². The number of fused-ring (bicyclic) bond motifs is 1. The molecule has 1 N–H and O–H groups in total. The standard InChI is InChI=1S/C10H11NO/c1-7-4-8-2-3-10(12)5-9(8)6-11-7/h2-3,5,12H,4,6H2,1H3. The van der Waals surface area contributed by atoms with Crippen LogP contribution in [0.1, 0.15) is 18.1 Å². The van der Waals surface area contributed by atoms with Crippen molar-refractivity contribution in [1.29, 1.82) is 0 Å². The number of phenols is 1. The monoisotopic (exact) mass is 161 g/mol. The molecule has 0 fully saturated rings. The third-order valence-electron chi connectivity index (χ3n) is 2.16. The van der Waals surface area contributed by atoms with E-state index in [1.807, 2.05) is 13.0 Å². The number of nitrogens with zero attached hydrogens (tertiary/aromatic N) is 1. The maximum atomic E-state index is 9.21. The Bertz CT molecular complexity index is 342. The molecule has 2 nitrogen and oxygen atoms in total. The van der Waals surface area contributed by atoms with Crippen LogP contribution < -0.4 is 0 Å². The van der Waals surface area contributed by atoms with Crippen LogP contribution in [0.25, 0.3) is 0 Å². The molecular weight excluding hydrogens is 150 g/mol. The molecule has 0 unspecified atom stereocenters. The van der Waals surface area contributed by atoms with Crippen molar-refractivity contribution in [2.75, 3.05) is 0 Å². The van der Waals surface area contributed by atoms with Crippen molar-refractivity contribution in [3.05, 3.63) is 29.3 Å². The van der Waals surface area contributed by atoms with Crippen molar-refractivity contribution in [3.63, 3.8) is 0 Å². The van der Waals surface area contributed by atoms with E-state index in [0.29, 0.717) is 5.75 Å². The molecule has 0 aromatic heterocycles. The Morgan fingerprint density at radius 3 is 3.00 bits per heavy atom. The van der Waals surface area contributed by atoms with Crippen molar-refractivity contribution in [1.82, 2.24) is 0 Å². The van der Waals surface area contributed by atoms with Crippen molar-refractivity contribution in [2.24, 2.45) is 4.99 Å². The molecule has 0 atom stereocenters. The van der Waals surface area contributed by atoms with Crippen molar-refractivity contribution < 1.29 is 5.11 Å². The van der Waals surface area contributed by atoms with Gasteiger partial charge in [0, 0.05) is 12.1 Å². The van der Waals surface area contributed by atoms with Gasteiger partial charge >= 0.3 is 0 Å². The Balaban J connectivity index is 2.43. The van der Waals surface area contributed by atoms with E-state index in [4.69, 9.17) is 0 Å². The summed E-state index contributed by atoms with van der Waals surface area (Å²) in [6.07, 6.45) is 0.926. The number of hydrogen-bond acceptors (Lipinski definition) is 2. The maximum Gasteiger partial charge on any atom is 0.115 e. The van der Waals surface area contributed by atoms with Crippen LogP contribution in [0.2, 0.25) is 0 Å². The van der Waals surface area contributed by atoms with E-state index in [-0.39, 0.29) is 0 Å². The number of benzene rings is 1. The first-order valence-corrected chi connectivity index (χ1v) is 4.06. The molecule has 0 aliphatic carbocycles. The third-order valence-corrected chi connectivity index (χ3v) is 2.16. The summed E-state index contributed by atoms with van der Waals surface area (Å²) in [6.45, 7) is 2.76. The van der Waals surface area contributed by atoms with Gasteiger partial charge in [0.25, 0.3) is 0 Å². The fourth-order valence-electron chi connectivity index (χ4n) is 1.48. The van der Waals surface area contributed by atoms with Gasteiger partial charge in [-0.2, -0.15) is 0 Å². The summed E-state index contributed by atoms with van der Waals surface area (Å²) in [6, 6.07) is 5.51. The van der Waals surface area contributed by atoms with Gasteiger partial charge in [-0.05, 0) is 30.2 Å². The molecule has 1 aromatic rings. The predicted molar refractivity (Wildman–Crippen MR) is 48.6 cm³/mol. The zero-order chi connectivity index (χ0) is 8.55. The lowest BCUT2D eigenvalue weighted by atomic mass is 9.99. The van der Waals surface area contributed by atoms with Gasteiger partial charge in [-0.1, -0.05) is 6.07 Å². The second kappa shape index (κ2) is 2.63. The number of aromatic hydroxyl groups is 1. The minimum atomic E-state index is 0.337. The molecule has 1 aliphatic rings. The highest BCUT2D eigenvalue weighted by Crippen LogP contribution is 2.21. The molecular formula is C10H11NO. The molecule has 1 aliphatic heterocycles. The summed E-state index contributed by atoms with van der Waals surface area (Å²) >= 11 is 0. The Labute approximate surface area is 71.6 Å². The summed E-state index contributed by atoms with van der Waals surface area (Å²) < 4.78 is 0. The Morgan fingerprint density at radius 1 is 1.33 bits per heavy atom. The van der Waals surface area contributed by atoms with Crippen LogP contribution in [0, 0.1) is 0 Å². The molecule has 0 radical (unpaired) electrons. The van der Waals surface area contributed by atoms with Gasteiger partial charge in [-0.3, -0.25) is 4.99 Å². The minimum absolute atomic E-state index is 0.337. The molecule has 0 bridgehead atoms. The number of hydrogen-bond donors (Lipinski definition) is 1. The van der Waals surface area contributed by atoms with E-state index in [1.165, 1.54) is 11.3 Å². The van der Waals surface area contributed by atoms with Gasteiger partial charge in [-0.25, -0.2) is 0 Å². The quantitative estimate of drug-likeness (QED) is 0.619. The molecule has 0 saturated heterocycles. The second-order valence-corrected chi connectivity index (χ2v) is 3.18. The number of rotatable bonds is 0. The highest BCUT2D eigenvalue weighted by atomic mass is 16.3. The molecule has 62 valence electrons. The van der Waals surface area contributed by atoms with Gasteiger partial charge in [0.15, 0.2) is 0 Å². The fraction of sp³-hybridized carbons (Fsp3) is 0.300. The zero-order valence-electron chi connectivity index (χ0n) is 7.04. The maximum absolute atomic E-state index is 9.21. The van der Waals surface area contributed by atoms with Gasteiger partial charge in [-0.15, -0.1) is 0 Å². The first-order valence-electron chi connectivity index (χ1n) is 4.06. The van der Waals surface area contributed by atoms with E-state index < -0.39 is 0 Å². The zero-order valence-corrected chi connectivity index (χ0v) is 7.04. The normalized spacial score (nSPS) is 15.2. The summed E-state index contributed by atoms with van der Waals surface area (Å²) in [5.74, 6) is 0.337. The smallest absolute Gasteiger partial charge is 0.115 e. The van der Waals surface area contributed by atoms with E-state index in [2.05, 4.69) is 4.99 Å². The van der Waals surface area contributed by atoms with Crippen LogP contribution in [0.4, 0.5) is 0 Å². The van der Waals surface area contributed by atoms with E-state index in [1.54, 1.807) is 12.1 Å². The first-order chi connectivity index (χ1) is 5.75. The summed E-state index contributed by atoms with van der Waals surface area (Å²) in [7, 11) is 0. The van der Waals surface area contributed by atoms with Crippen molar-refractivity contribution in [2.45, 2.75) is 19.9 Å². The Kier molecular flexibility index (Phi) is 1.61. The summed E-state index contributed by atoms with van der Waals surface area (Å²) in [5.41, 5.74) is 3.62. The van der Waals surface area contributed by atoms with Crippen LogP contribution in [-0.4, -0.2) is 10.8 Å². The largest absolute Gasteiger partial charge is 0.508 e. The predicted octanol–water partition coefficient (Wildman–Crippen LogP) is 1.91. The molecule has 2 rings (SSSR count). The molecule has 2 heteroatoms. The molecule has 0 saturated carbocycles. The fourth-order valence-corrected chi connectivity index (χ4v) is 1.48. The summed E-state index contributed by atoms with van der Waals surface area (Å²) in [5, 5.41) is 9.21. The van der Waals surface area contributed by atoms with E-state index in [0.717, 1.165) is 18.5 Å². The van der Waals surface area contributed by atoms with Gasteiger partial charge in [0.1, 0.15) is 5.75 Å². The van der Waals surface area contributed by atoms with Crippen LogP contribution in [0.5, 0.6) is 5.75 Å². The topological polar surface area (TPSA) is 32.6 Å². The molecule has 0 spiro atoms. The van der Waals surface area contributed by atoms with Crippen molar-refractivity contribution >= 4 is 5.71 Å². The number of phenolic OH excluding ortho intramolecular Hbond substituents is 1. The first kappa shape index (κ1) is 7.35. The summed E-state index contributed by atoms with van der Waals surface area (Å²) in [4.78, 5) is 4.32. The molecule has 12 heavy (non-hydrogen) atoms. The third kappa shape index (κ3) is 1.20. The molecule has 0 amide bonds. The van der Waals surface area contributed by atoms with Crippen LogP contribution in [0.15, 0.2) is 23.2 Å². The van der Waals surface area contributed by atoms with Crippen LogP contribution >= 0.6 is 0 Å². The SMILES string of the molecule is CC1=NCc2cc(O)ccc2C1. The van der Waals surface area contributed by atoms with Crippen LogP contribution in [-0.2, 0) is 13.0 Å². The Hall–Kier alpha value is -1.31. The minimum Gasteiger partial charge on any atom is -0.508 e. The Morgan fingerprint density at radius 2 is 2.17 bits per heavy atom. The second-order valence-electron chi connectivity index (χ2n) is 3.18. The number of aliphatic imine (C=N–C) groups is 1. The highest BCUT2D eigenvalue weighted by molar-refractivity contribution is 5.85. The highest BCUT2D eigenvalue weighted by Gasteiger charge is 2.08. The van der Waals surface area contributed by atoms with Gasteiger partial charge in [0.2, 0.25) is 0 Å². The molecule has 1 heterocycles. The lowest BCUT2D eigenvalue weighted by Crippen LogP contribution is -2.07. The van der Waals surface area contributed by atoms with Gasteiger partial charge < -0.3 is 5.11 Å².